The third kappa shape index (κ3) is 3.16. The smallest absolute Gasteiger partial charge is 0.0422 e. The Kier molecular flexibility index (Phi) is 5.33. The van der Waals surface area contributed by atoms with Crippen LogP contribution in [0.3, 0.4) is 0 Å². The van der Waals surface area contributed by atoms with Crippen LogP contribution in [0.5, 0.6) is 0 Å². The van der Waals surface area contributed by atoms with Gasteiger partial charge in [-0.3, -0.25) is 0 Å². The van der Waals surface area contributed by atoms with Crippen LogP contribution in [-0.4, -0.2) is 6.54 Å². The summed E-state index contributed by atoms with van der Waals surface area (Å²) < 4.78 is 0. The van der Waals surface area contributed by atoms with Crippen molar-refractivity contribution in [3.05, 3.63) is 34.3 Å². The molecule has 1 atom stereocenters. The van der Waals surface area contributed by atoms with Crippen LogP contribution >= 0.6 is 24.0 Å². The highest BCUT2D eigenvalue weighted by molar-refractivity contribution is 6.30. The predicted octanol–water partition coefficient (Wildman–Crippen LogP) is 2.03. The third-order valence-electron chi connectivity index (χ3n) is 1.89. The van der Waals surface area contributed by atoms with Crippen molar-refractivity contribution in [1.29, 1.82) is 0 Å². The van der Waals surface area contributed by atoms with Gasteiger partial charge in [0, 0.05) is 17.6 Å². The summed E-state index contributed by atoms with van der Waals surface area (Å²) in [5.74, 6) is 0. The highest BCUT2D eigenvalue weighted by Gasteiger charge is 2.06. The SMILES string of the molecule is Cc1cc(Cl)ccc1[C@H](N)CN.Cl. The normalized spacial score (nSPS) is 12.0. The van der Waals surface area contributed by atoms with Gasteiger partial charge in [0.05, 0.1) is 0 Å². The molecule has 2 nitrogen and oxygen atoms in total. The van der Waals surface area contributed by atoms with Crippen LogP contribution in [0.2, 0.25) is 5.02 Å². The van der Waals surface area contributed by atoms with Gasteiger partial charge in [0.15, 0.2) is 0 Å². The van der Waals surface area contributed by atoms with Gasteiger partial charge in [0.1, 0.15) is 0 Å². The van der Waals surface area contributed by atoms with Crippen molar-refractivity contribution in [2.45, 2.75) is 13.0 Å². The van der Waals surface area contributed by atoms with Crippen LogP contribution in [0.1, 0.15) is 17.2 Å². The maximum Gasteiger partial charge on any atom is 0.0422 e. The monoisotopic (exact) mass is 220 g/mol. The van der Waals surface area contributed by atoms with E-state index in [0.717, 1.165) is 16.1 Å². The van der Waals surface area contributed by atoms with E-state index in [-0.39, 0.29) is 18.4 Å². The first-order chi connectivity index (χ1) is 5.65. The molecular weight excluding hydrogens is 207 g/mol. The van der Waals surface area contributed by atoms with Crippen molar-refractivity contribution < 1.29 is 0 Å². The highest BCUT2D eigenvalue weighted by Crippen LogP contribution is 2.19. The molecule has 0 amide bonds. The molecule has 4 heteroatoms. The predicted molar refractivity (Wildman–Crippen MR) is 59.4 cm³/mol. The van der Waals surface area contributed by atoms with Gasteiger partial charge in [0.2, 0.25) is 0 Å². The highest BCUT2D eigenvalue weighted by atomic mass is 35.5. The van der Waals surface area contributed by atoms with Gasteiger partial charge in [0.25, 0.3) is 0 Å². The Bertz CT molecular complexity index is 276. The van der Waals surface area contributed by atoms with E-state index >= 15 is 0 Å². The minimum atomic E-state index is -0.0812. The topological polar surface area (TPSA) is 52.0 Å². The number of halogens is 2. The van der Waals surface area contributed by atoms with Crippen molar-refractivity contribution >= 4 is 24.0 Å². The first-order valence-electron chi connectivity index (χ1n) is 3.87. The Balaban J connectivity index is 0.00000144. The van der Waals surface area contributed by atoms with E-state index in [2.05, 4.69) is 0 Å². The summed E-state index contributed by atoms with van der Waals surface area (Å²) >= 11 is 5.79. The summed E-state index contributed by atoms with van der Waals surface area (Å²) in [5.41, 5.74) is 13.4. The molecule has 0 spiro atoms. The lowest BCUT2D eigenvalue weighted by molar-refractivity contribution is 0.732. The number of hydrogen-bond donors (Lipinski definition) is 2. The molecule has 0 aliphatic rings. The lowest BCUT2D eigenvalue weighted by Gasteiger charge is -2.12. The Morgan fingerprint density at radius 1 is 1.46 bits per heavy atom. The molecule has 1 aromatic rings. The van der Waals surface area contributed by atoms with Crippen molar-refractivity contribution in [2.24, 2.45) is 11.5 Å². The molecule has 0 unspecified atom stereocenters. The van der Waals surface area contributed by atoms with E-state index in [0.29, 0.717) is 6.54 Å². The van der Waals surface area contributed by atoms with Crippen molar-refractivity contribution in [1.82, 2.24) is 0 Å². The lowest BCUT2D eigenvalue weighted by atomic mass is 10.0. The van der Waals surface area contributed by atoms with Gasteiger partial charge in [-0.1, -0.05) is 17.7 Å². The molecular formula is C9H14Cl2N2. The van der Waals surface area contributed by atoms with Crippen LogP contribution in [0, 0.1) is 6.92 Å². The number of aryl methyl sites for hydroxylation is 1. The van der Waals surface area contributed by atoms with Gasteiger partial charge in [-0.2, -0.15) is 0 Å². The Labute approximate surface area is 89.7 Å². The zero-order chi connectivity index (χ0) is 9.14. The second-order valence-corrected chi connectivity index (χ2v) is 3.28. The van der Waals surface area contributed by atoms with Crippen molar-refractivity contribution in [3.8, 4) is 0 Å². The lowest BCUT2D eigenvalue weighted by Crippen LogP contribution is -2.21. The van der Waals surface area contributed by atoms with Crippen LogP contribution in [0.25, 0.3) is 0 Å². The Morgan fingerprint density at radius 3 is 2.54 bits per heavy atom. The zero-order valence-electron chi connectivity index (χ0n) is 7.46. The van der Waals surface area contributed by atoms with Gasteiger partial charge >= 0.3 is 0 Å². The maximum atomic E-state index is 5.79. The molecule has 74 valence electrons. The van der Waals surface area contributed by atoms with Gasteiger partial charge < -0.3 is 11.5 Å². The van der Waals surface area contributed by atoms with Crippen LogP contribution in [-0.2, 0) is 0 Å². The summed E-state index contributed by atoms with van der Waals surface area (Å²) in [6.45, 7) is 2.44. The molecule has 4 N–H and O–H groups in total. The first kappa shape index (κ1) is 12.7. The second-order valence-electron chi connectivity index (χ2n) is 2.84. The average Bonchev–Trinajstić information content (AvgIpc) is 2.03. The van der Waals surface area contributed by atoms with Crippen LogP contribution in [0.15, 0.2) is 18.2 Å². The Morgan fingerprint density at radius 2 is 2.08 bits per heavy atom. The van der Waals surface area contributed by atoms with E-state index in [1.165, 1.54) is 0 Å². The zero-order valence-corrected chi connectivity index (χ0v) is 9.03. The second kappa shape index (κ2) is 5.45. The number of hydrogen-bond acceptors (Lipinski definition) is 2. The van der Waals surface area contributed by atoms with Crippen LogP contribution in [0.4, 0.5) is 0 Å². The van der Waals surface area contributed by atoms with Gasteiger partial charge in [-0.05, 0) is 30.2 Å². The first-order valence-corrected chi connectivity index (χ1v) is 4.24. The van der Waals surface area contributed by atoms with Crippen molar-refractivity contribution in [2.75, 3.05) is 6.54 Å². The molecule has 0 fully saturated rings. The average molecular weight is 221 g/mol. The van der Waals surface area contributed by atoms with Gasteiger partial charge in [-0.15, -0.1) is 12.4 Å². The fourth-order valence-corrected chi connectivity index (χ4v) is 1.41. The standard InChI is InChI=1S/C9H13ClN2.ClH/c1-6-4-7(10)2-3-8(6)9(12)5-11;/h2-4,9H,5,11-12H2,1H3;1H/t9-;/m1./s1. The largest absolute Gasteiger partial charge is 0.329 e. The minimum absolute atomic E-state index is 0. The molecule has 1 aromatic carbocycles. The molecule has 0 radical (unpaired) electrons. The Hall–Kier alpha value is -0.280. The molecule has 0 aromatic heterocycles. The third-order valence-corrected chi connectivity index (χ3v) is 2.12. The molecule has 0 heterocycles. The summed E-state index contributed by atoms with van der Waals surface area (Å²) in [5, 5.41) is 0.737. The van der Waals surface area contributed by atoms with E-state index in [9.17, 15) is 0 Å². The quantitative estimate of drug-likeness (QED) is 0.802. The number of rotatable bonds is 2. The minimum Gasteiger partial charge on any atom is -0.329 e. The maximum absolute atomic E-state index is 5.79. The fourth-order valence-electron chi connectivity index (χ4n) is 1.18. The summed E-state index contributed by atoms with van der Waals surface area (Å²) in [6.07, 6.45) is 0. The molecule has 0 aliphatic carbocycles. The fraction of sp³-hybridized carbons (Fsp3) is 0.333. The number of benzene rings is 1. The molecule has 1 rings (SSSR count). The molecule has 13 heavy (non-hydrogen) atoms. The summed E-state index contributed by atoms with van der Waals surface area (Å²) in [4.78, 5) is 0. The van der Waals surface area contributed by atoms with Crippen LogP contribution < -0.4 is 11.5 Å². The van der Waals surface area contributed by atoms with E-state index in [1.807, 2.05) is 25.1 Å². The van der Waals surface area contributed by atoms with E-state index in [1.54, 1.807) is 0 Å². The summed E-state index contributed by atoms with van der Waals surface area (Å²) in [6, 6.07) is 5.57. The molecule has 0 saturated carbocycles. The molecule has 0 bridgehead atoms. The van der Waals surface area contributed by atoms with E-state index < -0.39 is 0 Å². The summed E-state index contributed by atoms with van der Waals surface area (Å²) in [7, 11) is 0. The van der Waals surface area contributed by atoms with E-state index in [4.69, 9.17) is 23.1 Å². The molecule has 0 aliphatic heterocycles. The number of nitrogens with two attached hydrogens (primary N) is 2. The molecule has 0 saturated heterocycles. The van der Waals surface area contributed by atoms with Crippen molar-refractivity contribution in [3.63, 3.8) is 0 Å². The van der Waals surface area contributed by atoms with Gasteiger partial charge in [-0.25, -0.2) is 0 Å².